The topological polar surface area (TPSA) is 63.4 Å². The minimum atomic E-state index is -2.91. The molecule has 1 aromatic rings. The van der Waals surface area contributed by atoms with Crippen molar-refractivity contribution in [2.24, 2.45) is 5.73 Å². The van der Waals surface area contributed by atoms with Gasteiger partial charge in [0.25, 0.3) is 0 Å². The maximum atomic E-state index is 11.1. The van der Waals surface area contributed by atoms with Crippen molar-refractivity contribution in [3.05, 3.63) is 29.8 Å². The summed E-state index contributed by atoms with van der Waals surface area (Å²) in [6, 6.07) is 7.88. The standard InChI is InChI=1S/C12H20N2O2S/c1-10(13)11-4-6-12(7-5-11)14(2)8-9-17(3,15)16/h4-7,10H,8-9,13H2,1-3H3/t10-/m1/s1. The molecule has 0 heterocycles. The molecule has 0 fully saturated rings. The zero-order valence-corrected chi connectivity index (χ0v) is 11.4. The molecule has 5 heteroatoms. The Kier molecular flexibility index (Phi) is 4.54. The second-order valence-corrected chi connectivity index (χ2v) is 6.69. The molecule has 0 saturated heterocycles. The van der Waals surface area contributed by atoms with Crippen molar-refractivity contribution in [2.75, 3.05) is 30.5 Å². The van der Waals surface area contributed by atoms with Crippen molar-refractivity contribution < 1.29 is 8.42 Å². The zero-order valence-electron chi connectivity index (χ0n) is 10.6. The molecule has 96 valence electrons. The molecular weight excluding hydrogens is 236 g/mol. The summed E-state index contributed by atoms with van der Waals surface area (Å²) in [6.45, 7) is 2.43. The number of hydrogen-bond donors (Lipinski definition) is 1. The fraction of sp³-hybridized carbons (Fsp3) is 0.500. The van der Waals surface area contributed by atoms with Crippen LogP contribution in [0.3, 0.4) is 0 Å². The Morgan fingerprint density at radius 2 is 1.82 bits per heavy atom. The molecule has 0 bridgehead atoms. The Morgan fingerprint density at radius 3 is 2.24 bits per heavy atom. The van der Waals surface area contributed by atoms with E-state index >= 15 is 0 Å². The fourth-order valence-electron chi connectivity index (χ4n) is 1.46. The third-order valence-corrected chi connectivity index (χ3v) is 3.58. The van der Waals surface area contributed by atoms with Gasteiger partial charge in [0.1, 0.15) is 9.84 Å². The summed E-state index contributed by atoms with van der Waals surface area (Å²) in [5, 5.41) is 0. The van der Waals surface area contributed by atoms with E-state index in [-0.39, 0.29) is 11.8 Å². The van der Waals surface area contributed by atoms with Crippen LogP contribution in [0.1, 0.15) is 18.5 Å². The van der Waals surface area contributed by atoms with Crippen LogP contribution in [0.5, 0.6) is 0 Å². The van der Waals surface area contributed by atoms with Gasteiger partial charge in [-0.05, 0) is 24.6 Å². The normalized spacial score (nSPS) is 13.4. The van der Waals surface area contributed by atoms with Gasteiger partial charge in [-0.1, -0.05) is 12.1 Å². The van der Waals surface area contributed by atoms with Gasteiger partial charge >= 0.3 is 0 Å². The van der Waals surface area contributed by atoms with Crippen molar-refractivity contribution in [3.63, 3.8) is 0 Å². The van der Waals surface area contributed by atoms with Gasteiger partial charge in [-0.2, -0.15) is 0 Å². The van der Waals surface area contributed by atoms with Crippen molar-refractivity contribution >= 4 is 15.5 Å². The summed E-state index contributed by atoms with van der Waals surface area (Å²) >= 11 is 0. The summed E-state index contributed by atoms with van der Waals surface area (Å²) < 4.78 is 22.1. The number of rotatable bonds is 5. The Morgan fingerprint density at radius 1 is 1.29 bits per heavy atom. The van der Waals surface area contributed by atoms with Crippen molar-refractivity contribution in [3.8, 4) is 0 Å². The van der Waals surface area contributed by atoms with Crippen LogP contribution in [0.25, 0.3) is 0 Å². The summed E-state index contributed by atoms with van der Waals surface area (Å²) in [4.78, 5) is 1.92. The van der Waals surface area contributed by atoms with E-state index in [1.165, 1.54) is 6.26 Å². The predicted molar refractivity (Wildman–Crippen MR) is 72.0 cm³/mol. The highest BCUT2D eigenvalue weighted by Crippen LogP contribution is 2.16. The van der Waals surface area contributed by atoms with Crippen molar-refractivity contribution in [1.29, 1.82) is 0 Å². The van der Waals surface area contributed by atoms with Crippen LogP contribution < -0.4 is 10.6 Å². The van der Waals surface area contributed by atoms with E-state index in [0.717, 1.165) is 11.3 Å². The average Bonchev–Trinajstić information content (AvgIpc) is 2.25. The monoisotopic (exact) mass is 256 g/mol. The number of anilines is 1. The Bertz CT molecular complexity index is 452. The molecule has 0 aliphatic rings. The minimum Gasteiger partial charge on any atom is -0.374 e. The molecule has 1 aromatic carbocycles. The quantitative estimate of drug-likeness (QED) is 0.859. The molecule has 0 aliphatic heterocycles. The summed E-state index contributed by atoms with van der Waals surface area (Å²) in [7, 11) is -1.03. The third-order valence-electron chi connectivity index (χ3n) is 2.66. The molecule has 1 rings (SSSR count). The molecule has 4 nitrogen and oxygen atoms in total. The molecule has 0 aliphatic carbocycles. The SMILES string of the molecule is C[C@@H](N)c1ccc(N(C)CCS(C)(=O)=O)cc1. The highest BCUT2D eigenvalue weighted by atomic mass is 32.2. The number of nitrogens with two attached hydrogens (primary N) is 1. The first-order valence-electron chi connectivity index (χ1n) is 5.54. The second kappa shape index (κ2) is 5.51. The van der Waals surface area contributed by atoms with Crippen LogP contribution in [0.15, 0.2) is 24.3 Å². The number of sulfone groups is 1. The lowest BCUT2D eigenvalue weighted by Gasteiger charge is -2.19. The Hall–Kier alpha value is -1.07. The van der Waals surface area contributed by atoms with Gasteiger partial charge in [0.05, 0.1) is 5.75 Å². The maximum Gasteiger partial charge on any atom is 0.149 e. The first-order chi connectivity index (χ1) is 7.79. The smallest absolute Gasteiger partial charge is 0.149 e. The number of nitrogens with zero attached hydrogens (tertiary/aromatic N) is 1. The van der Waals surface area contributed by atoms with E-state index in [4.69, 9.17) is 5.73 Å². The van der Waals surface area contributed by atoms with Crippen molar-refractivity contribution in [1.82, 2.24) is 0 Å². The van der Waals surface area contributed by atoms with E-state index in [2.05, 4.69) is 0 Å². The van der Waals surface area contributed by atoms with Gasteiger partial charge in [0.15, 0.2) is 0 Å². The van der Waals surface area contributed by atoms with Crippen LogP contribution in [0.4, 0.5) is 5.69 Å². The zero-order chi connectivity index (χ0) is 13.1. The molecule has 0 saturated carbocycles. The van der Waals surface area contributed by atoms with Gasteiger partial charge in [0.2, 0.25) is 0 Å². The fourth-order valence-corrected chi connectivity index (χ4v) is 2.07. The molecule has 0 radical (unpaired) electrons. The van der Waals surface area contributed by atoms with Crippen LogP contribution in [0, 0.1) is 0 Å². The lowest BCUT2D eigenvalue weighted by molar-refractivity contribution is 0.601. The molecule has 0 unspecified atom stereocenters. The summed E-state index contributed by atoms with van der Waals surface area (Å²) in [6.07, 6.45) is 1.25. The average molecular weight is 256 g/mol. The van der Waals surface area contributed by atoms with Crippen LogP contribution >= 0.6 is 0 Å². The van der Waals surface area contributed by atoms with Gasteiger partial charge in [0, 0.05) is 31.6 Å². The molecule has 1 atom stereocenters. The first kappa shape index (κ1) is 14.0. The molecule has 0 spiro atoms. The second-order valence-electron chi connectivity index (χ2n) is 4.43. The van der Waals surface area contributed by atoms with E-state index in [0.29, 0.717) is 6.54 Å². The Labute approximate surface area is 103 Å². The molecule has 17 heavy (non-hydrogen) atoms. The van der Waals surface area contributed by atoms with Gasteiger partial charge in [-0.25, -0.2) is 8.42 Å². The van der Waals surface area contributed by atoms with Crippen molar-refractivity contribution in [2.45, 2.75) is 13.0 Å². The minimum absolute atomic E-state index is 0.0189. The highest BCUT2D eigenvalue weighted by Gasteiger charge is 2.07. The number of hydrogen-bond acceptors (Lipinski definition) is 4. The largest absolute Gasteiger partial charge is 0.374 e. The molecule has 0 aromatic heterocycles. The lowest BCUT2D eigenvalue weighted by Crippen LogP contribution is -2.24. The molecule has 0 amide bonds. The van der Waals surface area contributed by atoms with Crippen LogP contribution in [0.2, 0.25) is 0 Å². The Balaban J connectivity index is 2.67. The van der Waals surface area contributed by atoms with E-state index < -0.39 is 9.84 Å². The third kappa shape index (κ3) is 4.75. The maximum absolute atomic E-state index is 11.1. The lowest BCUT2D eigenvalue weighted by atomic mass is 10.1. The molecule has 2 N–H and O–H groups in total. The van der Waals surface area contributed by atoms with E-state index in [9.17, 15) is 8.42 Å². The van der Waals surface area contributed by atoms with E-state index in [1.807, 2.05) is 43.1 Å². The molecular formula is C12H20N2O2S. The van der Waals surface area contributed by atoms with Crippen LogP contribution in [-0.4, -0.2) is 34.0 Å². The summed E-state index contributed by atoms with van der Waals surface area (Å²) in [5.41, 5.74) is 7.84. The van der Waals surface area contributed by atoms with Gasteiger partial charge in [-0.15, -0.1) is 0 Å². The van der Waals surface area contributed by atoms with Gasteiger partial charge < -0.3 is 10.6 Å². The highest BCUT2D eigenvalue weighted by molar-refractivity contribution is 7.90. The first-order valence-corrected chi connectivity index (χ1v) is 7.60. The number of benzene rings is 1. The summed E-state index contributed by atoms with van der Waals surface area (Å²) in [5.74, 6) is 0.165. The van der Waals surface area contributed by atoms with Crippen LogP contribution in [-0.2, 0) is 9.84 Å². The predicted octanol–water partition coefficient (Wildman–Crippen LogP) is 1.19. The van der Waals surface area contributed by atoms with Gasteiger partial charge in [-0.3, -0.25) is 0 Å². The van der Waals surface area contributed by atoms with E-state index in [1.54, 1.807) is 0 Å².